The van der Waals surface area contributed by atoms with Crippen LogP contribution in [0.3, 0.4) is 0 Å². The maximum absolute atomic E-state index is 11.1. The lowest BCUT2D eigenvalue weighted by Crippen LogP contribution is -2.06. The van der Waals surface area contributed by atoms with Crippen molar-refractivity contribution in [2.45, 2.75) is 13.3 Å². The van der Waals surface area contributed by atoms with E-state index in [0.29, 0.717) is 21.5 Å². The molecule has 0 saturated heterocycles. The first-order valence-corrected chi connectivity index (χ1v) is 8.26. The topological polar surface area (TPSA) is 75.6 Å². The van der Waals surface area contributed by atoms with Gasteiger partial charge in [0.25, 0.3) is 0 Å². The van der Waals surface area contributed by atoms with E-state index in [1.807, 2.05) is 0 Å². The van der Waals surface area contributed by atoms with Gasteiger partial charge in [-0.25, -0.2) is 0 Å². The lowest BCUT2D eigenvalue weighted by atomic mass is 10.1. The third kappa shape index (κ3) is 4.87. The van der Waals surface area contributed by atoms with E-state index < -0.39 is 5.97 Å². The smallest absolute Gasteiger partial charge is 0.307 e. The molecule has 2 N–H and O–H groups in total. The highest BCUT2D eigenvalue weighted by Crippen LogP contribution is 2.39. The summed E-state index contributed by atoms with van der Waals surface area (Å²) in [4.78, 5) is 21.9. The molecule has 2 rings (SSSR count). The predicted molar refractivity (Wildman–Crippen MR) is 96.3 cm³/mol. The molecule has 24 heavy (non-hydrogen) atoms. The lowest BCUT2D eigenvalue weighted by Gasteiger charge is -2.12. The number of halogens is 3. The lowest BCUT2D eigenvalue weighted by molar-refractivity contribution is -0.136. The van der Waals surface area contributed by atoms with Crippen molar-refractivity contribution in [2.24, 2.45) is 0 Å². The van der Waals surface area contributed by atoms with Crippen molar-refractivity contribution in [2.75, 3.05) is 5.32 Å². The van der Waals surface area contributed by atoms with E-state index in [4.69, 9.17) is 33.0 Å². The molecule has 1 amide bonds. The van der Waals surface area contributed by atoms with E-state index in [-0.39, 0.29) is 28.1 Å². The third-order valence-electron chi connectivity index (χ3n) is 2.88. The standard InChI is InChI=1S/C16H12BrCl2NO4/c1-8(21)20-14-3-2-10(7-11(14)17)24-16-12(18)4-9(5-13(16)19)6-15(22)23/h2-5,7H,6H2,1H3,(H,20,21)(H,22,23). The molecule has 2 aromatic rings. The van der Waals surface area contributed by atoms with Gasteiger partial charge in [-0.1, -0.05) is 23.2 Å². The summed E-state index contributed by atoms with van der Waals surface area (Å²) < 4.78 is 6.32. The molecule has 0 aliphatic heterocycles. The molecule has 126 valence electrons. The highest BCUT2D eigenvalue weighted by molar-refractivity contribution is 9.10. The van der Waals surface area contributed by atoms with Gasteiger partial charge in [-0.3, -0.25) is 9.59 Å². The fourth-order valence-corrected chi connectivity index (χ4v) is 3.02. The van der Waals surface area contributed by atoms with Crippen molar-refractivity contribution in [3.63, 3.8) is 0 Å². The van der Waals surface area contributed by atoms with E-state index in [0.717, 1.165) is 0 Å². The number of rotatable bonds is 5. The van der Waals surface area contributed by atoms with Gasteiger partial charge in [-0.05, 0) is 51.8 Å². The third-order valence-corrected chi connectivity index (χ3v) is 4.10. The molecule has 0 aliphatic carbocycles. The van der Waals surface area contributed by atoms with Gasteiger partial charge in [0.15, 0.2) is 5.75 Å². The van der Waals surface area contributed by atoms with E-state index in [1.54, 1.807) is 18.2 Å². The normalized spacial score (nSPS) is 10.3. The Balaban J connectivity index is 2.26. The predicted octanol–water partition coefficient (Wildman–Crippen LogP) is 5.13. The number of carbonyl (C=O) groups excluding carboxylic acids is 1. The maximum atomic E-state index is 11.1. The quantitative estimate of drug-likeness (QED) is 0.686. The number of anilines is 1. The molecular formula is C16H12BrCl2NO4. The molecule has 2 aromatic carbocycles. The van der Waals surface area contributed by atoms with Crippen molar-refractivity contribution in [1.29, 1.82) is 0 Å². The van der Waals surface area contributed by atoms with Gasteiger partial charge in [0.2, 0.25) is 5.91 Å². The summed E-state index contributed by atoms with van der Waals surface area (Å²) in [6.45, 7) is 1.41. The van der Waals surface area contributed by atoms with Gasteiger partial charge in [-0.15, -0.1) is 0 Å². The zero-order valence-electron chi connectivity index (χ0n) is 12.4. The Hall–Kier alpha value is -1.76. The largest absolute Gasteiger partial charge is 0.481 e. The minimum atomic E-state index is -0.978. The Morgan fingerprint density at radius 1 is 1.21 bits per heavy atom. The number of carboxylic acid groups (broad SMARTS) is 1. The average molecular weight is 433 g/mol. The summed E-state index contributed by atoms with van der Waals surface area (Å²) in [5.74, 6) is -0.491. The van der Waals surface area contributed by atoms with Gasteiger partial charge in [0.05, 0.1) is 22.2 Å². The van der Waals surface area contributed by atoms with E-state index in [1.165, 1.54) is 19.1 Å². The van der Waals surface area contributed by atoms with E-state index >= 15 is 0 Å². The van der Waals surface area contributed by atoms with Crippen LogP contribution in [0.15, 0.2) is 34.8 Å². The molecule has 5 nitrogen and oxygen atoms in total. The summed E-state index contributed by atoms with van der Waals surface area (Å²) in [6, 6.07) is 7.97. The number of amides is 1. The Morgan fingerprint density at radius 2 is 1.83 bits per heavy atom. The Bertz CT molecular complexity index is 788. The molecule has 0 saturated carbocycles. The van der Waals surface area contributed by atoms with Crippen LogP contribution in [0.2, 0.25) is 10.0 Å². The number of carboxylic acids is 1. The number of ether oxygens (including phenoxy) is 1. The fraction of sp³-hybridized carbons (Fsp3) is 0.125. The van der Waals surface area contributed by atoms with Crippen LogP contribution in [0.4, 0.5) is 5.69 Å². The summed E-state index contributed by atoms with van der Waals surface area (Å²) in [5, 5.41) is 11.9. The van der Waals surface area contributed by atoms with Crippen LogP contribution in [-0.4, -0.2) is 17.0 Å². The van der Waals surface area contributed by atoms with E-state index in [9.17, 15) is 9.59 Å². The van der Waals surface area contributed by atoms with Crippen LogP contribution in [0, 0.1) is 0 Å². The number of hydrogen-bond acceptors (Lipinski definition) is 3. The molecule has 0 bridgehead atoms. The van der Waals surface area contributed by atoms with Crippen molar-refractivity contribution >= 4 is 56.7 Å². The summed E-state index contributed by atoms with van der Waals surface area (Å²) >= 11 is 15.6. The van der Waals surface area contributed by atoms with Gasteiger partial charge in [0.1, 0.15) is 5.75 Å². The molecule has 0 atom stereocenters. The summed E-state index contributed by atoms with van der Waals surface area (Å²) in [7, 11) is 0. The Kier molecular flexibility index (Phi) is 6.10. The number of hydrogen-bond donors (Lipinski definition) is 2. The molecule has 8 heteroatoms. The fourth-order valence-electron chi connectivity index (χ4n) is 1.95. The van der Waals surface area contributed by atoms with Gasteiger partial charge in [-0.2, -0.15) is 0 Å². The summed E-state index contributed by atoms with van der Waals surface area (Å²) in [5.41, 5.74) is 1.08. The van der Waals surface area contributed by atoms with Crippen LogP contribution in [0.25, 0.3) is 0 Å². The van der Waals surface area contributed by atoms with Crippen LogP contribution >= 0.6 is 39.1 Å². The van der Waals surface area contributed by atoms with Crippen LogP contribution in [-0.2, 0) is 16.0 Å². The summed E-state index contributed by atoms with van der Waals surface area (Å²) in [6.07, 6.45) is -0.184. The molecule has 0 unspecified atom stereocenters. The first-order chi connectivity index (χ1) is 11.3. The van der Waals surface area contributed by atoms with Crippen molar-refractivity contribution < 1.29 is 19.4 Å². The number of carbonyl (C=O) groups is 2. The Morgan fingerprint density at radius 3 is 2.33 bits per heavy atom. The van der Waals surface area contributed by atoms with Gasteiger partial charge < -0.3 is 15.2 Å². The highest BCUT2D eigenvalue weighted by Gasteiger charge is 2.13. The van der Waals surface area contributed by atoms with E-state index in [2.05, 4.69) is 21.2 Å². The SMILES string of the molecule is CC(=O)Nc1ccc(Oc2c(Cl)cc(CC(=O)O)cc2Cl)cc1Br. The minimum absolute atomic E-state index is 0.184. The number of aliphatic carboxylic acids is 1. The van der Waals surface area contributed by atoms with Crippen LogP contribution in [0.5, 0.6) is 11.5 Å². The average Bonchev–Trinajstić information content (AvgIpc) is 2.44. The second-order valence-corrected chi connectivity index (χ2v) is 6.55. The minimum Gasteiger partial charge on any atom is -0.481 e. The van der Waals surface area contributed by atoms with Crippen molar-refractivity contribution in [1.82, 2.24) is 0 Å². The zero-order valence-corrected chi connectivity index (χ0v) is 15.5. The molecule has 0 spiro atoms. The van der Waals surface area contributed by atoms with Crippen molar-refractivity contribution in [3.05, 3.63) is 50.4 Å². The number of nitrogens with one attached hydrogen (secondary N) is 1. The highest BCUT2D eigenvalue weighted by atomic mass is 79.9. The second-order valence-electron chi connectivity index (χ2n) is 4.88. The van der Waals surface area contributed by atoms with Crippen LogP contribution in [0.1, 0.15) is 12.5 Å². The molecule has 0 aromatic heterocycles. The molecule has 0 fully saturated rings. The second kappa shape index (κ2) is 7.88. The van der Waals surface area contributed by atoms with Gasteiger partial charge >= 0.3 is 5.97 Å². The zero-order chi connectivity index (χ0) is 17.9. The van der Waals surface area contributed by atoms with Gasteiger partial charge in [0, 0.05) is 11.4 Å². The molecular weight excluding hydrogens is 421 g/mol. The maximum Gasteiger partial charge on any atom is 0.307 e. The van der Waals surface area contributed by atoms with Crippen molar-refractivity contribution in [3.8, 4) is 11.5 Å². The first kappa shape index (κ1) is 18.6. The molecule has 0 heterocycles. The Labute approximate surface area is 156 Å². The first-order valence-electron chi connectivity index (χ1n) is 6.71. The monoisotopic (exact) mass is 431 g/mol. The molecule has 0 aliphatic rings. The van der Waals surface area contributed by atoms with Crippen LogP contribution < -0.4 is 10.1 Å². The number of benzene rings is 2. The molecule has 0 radical (unpaired) electrons.